The molecule has 0 aromatic heterocycles. The first kappa shape index (κ1) is 14.8. The minimum atomic E-state index is -2.39. The number of benzene rings is 2. The molecule has 1 aliphatic rings. The summed E-state index contributed by atoms with van der Waals surface area (Å²) in [6, 6.07) is 4.09. The molecule has 0 bridgehead atoms. The quantitative estimate of drug-likeness (QED) is 0.443. The summed E-state index contributed by atoms with van der Waals surface area (Å²) in [6.45, 7) is 0. The lowest BCUT2D eigenvalue weighted by Gasteiger charge is -2.20. The zero-order valence-corrected chi connectivity index (χ0v) is 11.5. The Labute approximate surface area is 129 Å². The average molecular weight is 320 g/mol. The fourth-order valence-corrected chi connectivity index (χ4v) is 2.47. The van der Waals surface area contributed by atoms with Crippen molar-refractivity contribution in [3.05, 3.63) is 35.4 Å². The van der Waals surface area contributed by atoms with Crippen LogP contribution in [0, 0.1) is 0 Å². The Kier molecular flexibility index (Phi) is 3.01. The third kappa shape index (κ3) is 2.25. The zero-order chi connectivity index (χ0) is 16.9. The highest BCUT2D eigenvalue weighted by Crippen LogP contribution is 2.44. The lowest BCUT2D eigenvalue weighted by Crippen LogP contribution is -2.42. The predicted octanol–water partition coefficient (Wildman–Crippen LogP) is 0.721. The first-order valence-corrected chi connectivity index (χ1v) is 6.47. The molecule has 0 amide bonds. The summed E-state index contributed by atoms with van der Waals surface area (Å²) in [5.74, 6) is -6.40. The van der Waals surface area contributed by atoms with Gasteiger partial charge >= 0.3 is 0 Å². The van der Waals surface area contributed by atoms with Crippen molar-refractivity contribution in [1.29, 1.82) is 0 Å². The summed E-state index contributed by atoms with van der Waals surface area (Å²) >= 11 is 0. The van der Waals surface area contributed by atoms with Gasteiger partial charge < -0.3 is 35.4 Å². The van der Waals surface area contributed by atoms with Crippen molar-refractivity contribution < 1.29 is 40.2 Å². The smallest absolute Gasteiger partial charge is 0.277 e. The van der Waals surface area contributed by atoms with E-state index >= 15 is 0 Å². The molecule has 0 radical (unpaired) electrons. The molecular weight excluding hydrogens is 308 g/mol. The number of ether oxygens (including phenoxy) is 1. The van der Waals surface area contributed by atoms with Gasteiger partial charge in [0, 0.05) is 18.6 Å². The molecule has 0 spiro atoms. The van der Waals surface area contributed by atoms with E-state index in [2.05, 4.69) is 0 Å². The molecule has 120 valence electrons. The van der Waals surface area contributed by atoms with Gasteiger partial charge in [0.2, 0.25) is 5.78 Å². The van der Waals surface area contributed by atoms with Gasteiger partial charge in [-0.05, 0) is 17.7 Å². The second-order valence-electron chi connectivity index (χ2n) is 5.21. The molecule has 23 heavy (non-hydrogen) atoms. The van der Waals surface area contributed by atoms with Gasteiger partial charge in [-0.2, -0.15) is 0 Å². The molecule has 1 heterocycles. The first-order valence-electron chi connectivity index (χ1n) is 6.47. The normalized spacial score (nSPS) is 19.4. The van der Waals surface area contributed by atoms with Crippen molar-refractivity contribution in [3.8, 4) is 34.5 Å². The summed E-state index contributed by atoms with van der Waals surface area (Å²) < 4.78 is 5.14. The highest BCUT2D eigenvalue weighted by Gasteiger charge is 2.48. The number of hydrogen-bond acceptors (Lipinski definition) is 8. The zero-order valence-electron chi connectivity index (χ0n) is 11.5. The van der Waals surface area contributed by atoms with E-state index in [0.717, 1.165) is 24.3 Å². The van der Waals surface area contributed by atoms with E-state index < -0.39 is 41.0 Å². The van der Waals surface area contributed by atoms with Gasteiger partial charge in [-0.1, -0.05) is 0 Å². The molecule has 0 saturated heterocycles. The molecule has 0 unspecified atom stereocenters. The Balaban J connectivity index is 1.99. The van der Waals surface area contributed by atoms with Crippen LogP contribution in [0.1, 0.15) is 15.9 Å². The highest BCUT2D eigenvalue weighted by molar-refractivity contribution is 6.08. The predicted molar refractivity (Wildman–Crippen MR) is 74.8 cm³/mol. The van der Waals surface area contributed by atoms with E-state index in [9.17, 15) is 35.4 Å². The van der Waals surface area contributed by atoms with Gasteiger partial charge in [0.25, 0.3) is 5.79 Å². The lowest BCUT2D eigenvalue weighted by atomic mass is 9.97. The van der Waals surface area contributed by atoms with E-state index in [0.29, 0.717) is 0 Å². The van der Waals surface area contributed by atoms with Crippen molar-refractivity contribution in [1.82, 2.24) is 0 Å². The van der Waals surface area contributed by atoms with Crippen LogP contribution in [0.5, 0.6) is 34.5 Å². The van der Waals surface area contributed by atoms with Crippen molar-refractivity contribution >= 4 is 5.78 Å². The summed E-state index contributed by atoms with van der Waals surface area (Å²) in [5.41, 5.74) is -0.178. The number of aliphatic hydroxyl groups is 1. The topological polar surface area (TPSA) is 148 Å². The Morgan fingerprint density at radius 2 is 1.52 bits per heavy atom. The molecule has 3 rings (SSSR count). The van der Waals surface area contributed by atoms with Crippen molar-refractivity contribution in [2.45, 2.75) is 12.2 Å². The Morgan fingerprint density at radius 1 is 0.913 bits per heavy atom. The van der Waals surface area contributed by atoms with E-state index in [1.807, 2.05) is 0 Å². The Bertz CT molecular complexity index is 805. The number of hydrogen-bond donors (Lipinski definition) is 6. The molecule has 8 heteroatoms. The molecule has 0 fully saturated rings. The third-order valence-electron chi connectivity index (χ3n) is 3.50. The third-order valence-corrected chi connectivity index (χ3v) is 3.50. The van der Waals surface area contributed by atoms with Crippen LogP contribution in [0.25, 0.3) is 0 Å². The summed E-state index contributed by atoms with van der Waals surface area (Å²) in [6.07, 6.45) is -0.470. The molecule has 6 N–H and O–H groups in total. The van der Waals surface area contributed by atoms with Gasteiger partial charge in [-0.25, -0.2) is 0 Å². The largest absolute Gasteiger partial charge is 0.508 e. The van der Waals surface area contributed by atoms with Crippen LogP contribution in [0.2, 0.25) is 0 Å². The number of fused-ring (bicyclic) bond motifs is 1. The Hall–Kier alpha value is -3.13. The second kappa shape index (κ2) is 4.68. The van der Waals surface area contributed by atoms with Gasteiger partial charge in [0.05, 0.1) is 0 Å². The maximum atomic E-state index is 12.3. The standard InChI is InChI=1S/C15H12O8/c16-7-3-8(17)12-11(4-7)23-15(22,14(12)21)5-6-1-9(18)13(20)10(19)2-6/h1-4,16-20,22H,5H2/t15-/m0/s1. The molecule has 0 aliphatic carbocycles. The van der Waals surface area contributed by atoms with Crippen LogP contribution in [0.4, 0.5) is 0 Å². The monoisotopic (exact) mass is 320 g/mol. The molecule has 8 nitrogen and oxygen atoms in total. The average Bonchev–Trinajstić information content (AvgIpc) is 2.67. The van der Waals surface area contributed by atoms with Crippen molar-refractivity contribution in [3.63, 3.8) is 0 Å². The fraction of sp³-hybridized carbons (Fsp3) is 0.133. The van der Waals surface area contributed by atoms with Gasteiger partial charge in [-0.3, -0.25) is 4.79 Å². The van der Waals surface area contributed by atoms with Crippen LogP contribution in [0.15, 0.2) is 24.3 Å². The minimum Gasteiger partial charge on any atom is -0.508 e. The maximum absolute atomic E-state index is 12.3. The van der Waals surface area contributed by atoms with Crippen molar-refractivity contribution in [2.75, 3.05) is 0 Å². The van der Waals surface area contributed by atoms with Crippen LogP contribution in [-0.2, 0) is 6.42 Å². The number of carbonyl (C=O) groups is 1. The van der Waals surface area contributed by atoms with Gasteiger partial charge in [-0.15, -0.1) is 0 Å². The van der Waals surface area contributed by atoms with E-state index in [1.54, 1.807) is 0 Å². The van der Waals surface area contributed by atoms with E-state index in [1.165, 1.54) is 0 Å². The molecule has 1 atom stereocenters. The summed E-state index contributed by atoms with van der Waals surface area (Å²) in [7, 11) is 0. The molecule has 1 aliphatic heterocycles. The number of carbonyl (C=O) groups excluding carboxylic acids is 1. The number of rotatable bonds is 2. The molecule has 2 aromatic rings. The number of phenolic OH excluding ortho intramolecular Hbond substituents is 5. The summed E-state index contributed by atoms with van der Waals surface area (Å²) in [5, 5.41) is 57.8. The molecular formula is C15H12O8. The highest BCUT2D eigenvalue weighted by atomic mass is 16.6. The van der Waals surface area contributed by atoms with Crippen LogP contribution >= 0.6 is 0 Å². The van der Waals surface area contributed by atoms with Crippen molar-refractivity contribution in [2.24, 2.45) is 0 Å². The summed E-state index contributed by atoms with van der Waals surface area (Å²) in [4.78, 5) is 12.3. The Morgan fingerprint density at radius 3 is 2.13 bits per heavy atom. The molecule has 0 saturated carbocycles. The van der Waals surface area contributed by atoms with Crippen LogP contribution in [-0.4, -0.2) is 42.2 Å². The first-order chi connectivity index (χ1) is 10.7. The second-order valence-corrected chi connectivity index (χ2v) is 5.21. The number of aromatic hydroxyl groups is 5. The number of phenols is 5. The molecule has 2 aromatic carbocycles. The van der Waals surface area contributed by atoms with Gasteiger partial charge in [0.15, 0.2) is 17.2 Å². The SMILES string of the molecule is O=C1c2c(O)cc(O)cc2O[C@@]1(O)Cc1cc(O)c(O)c(O)c1. The maximum Gasteiger partial charge on any atom is 0.277 e. The van der Waals surface area contributed by atoms with E-state index in [-0.39, 0.29) is 22.6 Å². The van der Waals surface area contributed by atoms with E-state index in [4.69, 9.17) is 4.74 Å². The lowest BCUT2D eigenvalue weighted by molar-refractivity contribution is -0.0889. The van der Waals surface area contributed by atoms with Gasteiger partial charge in [0.1, 0.15) is 22.8 Å². The minimum absolute atomic E-state index is 0.102. The number of ketones is 1. The number of Topliss-reactive ketones (excluding diaryl/α,β-unsaturated/α-hetero) is 1. The van der Waals surface area contributed by atoms with Crippen LogP contribution in [0.3, 0.4) is 0 Å². The van der Waals surface area contributed by atoms with Crippen LogP contribution < -0.4 is 4.74 Å². The fourth-order valence-electron chi connectivity index (χ4n) is 2.47.